The van der Waals surface area contributed by atoms with Crippen LogP contribution in [0.2, 0.25) is 0 Å². The zero-order valence-corrected chi connectivity index (χ0v) is 15.2. The summed E-state index contributed by atoms with van der Waals surface area (Å²) in [4.78, 5) is 32.8. The first-order valence-corrected chi connectivity index (χ1v) is 8.49. The molecule has 0 saturated carbocycles. The van der Waals surface area contributed by atoms with Gasteiger partial charge in [0.1, 0.15) is 5.82 Å². The Morgan fingerprint density at radius 1 is 1.07 bits per heavy atom. The Kier molecular flexibility index (Phi) is 5.61. The molecule has 1 aromatic carbocycles. The van der Waals surface area contributed by atoms with Gasteiger partial charge in [0.25, 0.3) is 5.91 Å². The van der Waals surface area contributed by atoms with Crippen LogP contribution in [0.1, 0.15) is 31.8 Å². The summed E-state index contributed by atoms with van der Waals surface area (Å²) < 4.78 is 0. The van der Waals surface area contributed by atoms with Gasteiger partial charge in [0.2, 0.25) is 0 Å². The summed E-state index contributed by atoms with van der Waals surface area (Å²) in [6, 6.07) is 11.6. The molecule has 0 bridgehead atoms. The minimum absolute atomic E-state index is 0.0500. The van der Waals surface area contributed by atoms with Crippen molar-refractivity contribution >= 4 is 23.4 Å². The lowest BCUT2D eigenvalue weighted by Crippen LogP contribution is -2.39. The molecule has 28 heavy (non-hydrogen) atoms. The van der Waals surface area contributed by atoms with Gasteiger partial charge in [0.05, 0.1) is 16.8 Å². The maximum Gasteiger partial charge on any atom is 0.337 e. The number of pyridine rings is 2. The Morgan fingerprint density at radius 2 is 1.79 bits per heavy atom. The van der Waals surface area contributed by atoms with Crippen LogP contribution in [0, 0.1) is 6.92 Å². The quantitative estimate of drug-likeness (QED) is 0.343. The zero-order valence-electron chi connectivity index (χ0n) is 15.2. The van der Waals surface area contributed by atoms with E-state index >= 15 is 0 Å². The van der Waals surface area contributed by atoms with Crippen LogP contribution in [-0.4, -0.2) is 27.0 Å². The van der Waals surface area contributed by atoms with E-state index in [1.807, 2.05) is 12.1 Å². The first kappa shape index (κ1) is 19.0. The van der Waals surface area contributed by atoms with Crippen molar-refractivity contribution in [1.82, 2.24) is 9.97 Å². The average molecular weight is 377 g/mol. The van der Waals surface area contributed by atoms with Crippen molar-refractivity contribution in [1.29, 1.82) is 0 Å². The number of nitrogens with zero attached hydrogens (tertiary/aromatic N) is 3. The van der Waals surface area contributed by atoms with E-state index in [1.165, 1.54) is 6.07 Å². The summed E-state index contributed by atoms with van der Waals surface area (Å²) >= 11 is 0. The van der Waals surface area contributed by atoms with Gasteiger partial charge in [-0.1, -0.05) is 12.1 Å². The number of carbonyl (C=O) groups is 2. The number of hydrazine groups is 1. The molecule has 142 valence electrons. The van der Waals surface area contributed by atoms with E-state index in [1.54, 1.807) is 49.8 Å². The smallest absolute Gasteiger partial charge is 0.337 e. The van der Waals surface area contributed by atoms with Gasteiger partial charge in [0, 0.05) is 25.1 Å². The molecule has 8 heteroatoms. The highest BCUT2D eigenvalue weighted by atomic mass is 16.4. The summed E-state index contributed by atoms with van der Waals surface area (Å²) in [6.45, 7) is 2.13. The van der Waals surface area contributed by atoms with Crippen LogP contribution in [0.4, 0.5) is 11.5 Å². The fraction of sp³-hybridized carbons (Fsp3) is 0.100. The van der Waals surface area contributed by atoms with Crippen LogP contribution in [-0.2, 0) is 6.54 Å². The number of aryl methyl sites for hydroxylation is 1. The van der Waals surface area contributed by atoms with E-state index in [4.69, 9.17) is 5.84 Å². The highest BCUT2D eigenvalue weighted by molar-refractivity contribution is 6.11. The number of para-hydroxylation sites is 1. The summed E-state index contributed by atoms with van der Waals surface area (Å²) in [5.74, 6) is 4.66. The van der Waals surface area contributed by atoms with Crippen molar-refractivity contribution in [3.63, 3.8) is 0 Å². The third kappa shape index (κ3) is 3.97. The Morgan fingerprint density at radius 3 is 2.50 bits per heavy atom. The predicted octanol–water partition coefficient (Wildman–Crippen LogP) is 2.62. The van der Waals surface area contributed by atoms with Gasteiger partial charge < -0.3 is 10.4 Å². The van der Waals surface area contributed by atoms with Crippen molar-refractivity contribution in [2.24, 2.45) is 5.84 Å². The van der Waals surface area contributed by atoms with Crippen LogP contribution in [0.3, 0.4) is 0 Å². The van der Waals surface area contributed by atoms with E-state index in [2.05, 4.69) is 15.3 Å². The molecule has 0 aliphatic carbocycles. The monoisotopic (exact) mass is 377 g/mol. The third-order valence-electron chi connectivity index (χ3n) is 4.18. The largest absolute Gasteiger partial charge is 0.478 e. The van der Waals surface area contributed by atoms with Crippen molar-refractivity contribution in [3.8, 4) is 0 Å². The Hall–Kier alpha value is -3.78. The standard InChI is InChI=1S/C20H19N5O3/c1-13-4-2-5-15(20(27)28)17(13)25(21)19(26)16-6-3-9-23-18(16)24-12-14-7-10-22-11-8-14/h2-11H,12,21H2,1H3,(H,23,24)(H,27,28). The molecular formula is C20H19N5O3. The van der Waals surface area contributed by atoms with Gasteiger partial charge in [0.15, 0.2) is 0 Å². The Bertz CT molecular complexity index is 1010. The summed E-state index contributed by atoms with van der Waals surface area (Å²) in [6.07, 6.45) is 4.91. The fourth-order valence-electron chi connectivity index (χ4n) is 2.79. The van der Waals surface area contributed by atoms with Gasteiger partial charge in [-0.3, -0.25) is 9.78 Å². The number of aromatic carboxylic acids is 1. The minimum atomic E-state index is -1.16. The lowest BCUT2D eigenvalue weighted by molar-refractivity contribution is 0.0697. The normalized spacial score (nSPS) is 10.4. The van der Waals surface area contributed by atoms with Crippen LogP contribution >= 0.6 is 0 Å². The van der Waals surface area contributed by atoms with E-state index in [9.17, 15) is 14.7 Å². The Labute approximate surface area is 161 Å². The van der Waals surface area contributed by atoms with Gasteiger partial charge in [-0.2, -0.15) is 0 Å². The number of amides is 1. The van der Waals surface area contributed by atoms with E-state index in [-0.39, 0.29) is 16.8 Å². The molecule has 0 aliphatic rings. The summed E-state index contributed by atoms with van der Waals surface area (Å²) in [5.41, 5.74) is 1.87. The maximum absolute atomic E-state index is 13.0. The molecule has 0 aliphatic heterocycles. The number of nitrogens with two attached hydrogens (primary N) is 1. The highest BCUT2D eigenvalue weighted by Gasteiger charge is 2.24. The number of nitrogens with one attached hydrogen (secondary N) is 1. The minimum Gasteiger partial charge on any atom is -0.478 e. The number of benzene rings is 1. The Balaban J connectivity index is 1.90. The lowest BCUT2D eigenvalue weighted by Gasteiger charge is -2.22. The second-order valence-electron chi connectivity index (χ2n) is 6.06. The van der Waals surface area contributed by atoms with Crippen molar-refractivity contribution in [3.05, 3.63) is 83.3 Å². The molecule has 4 N–H and O–H groups in total. The topological polar surface area (TPSA) is 121 Å². The van der Waals surface area contributed by atoms with Gasteiger partial charge in [-0.05, 0) is 48.4 Å². The zero-order chi connectivity index (χ0) is 20.1. The molecule has 0 radical (unpaired) electrons. The first-order valence-electron chi connectivity index (χ1n) is 8.49. The number of carboxylic acid groups (broad SMARTS) is 1. The van der Waals surface area contributed by atoms with Crippen molar-refractivity contribution in [2.45, 2.75) is 13.5 Å². The molecule has 8 nitrogen and oxygen atoms in total. The maximum atomic E-state index is 13.0. The number of rotatable bonds is 6. The van der Waals surface area contributed by atoms with Crippen LogP contribution in [0.15, 0.2) is 61.1 Å². The van der Waals surface area contributed by atoms with Crippen molar-refractivity contribution < 1.29 is 14.7 Å². The number of anilines is 2. The molecule has 0 atom stereocenters. The number of aromatic nitrogens is 2. The van der Waals surface area contributed by atoms with E-state index in [0.29, 0.717) is 17.9 Å². The van der Waals surface area contributed by atoms with Gasteiger partial charge >= 0.3 is 5.97 Å². The second kappa shape index (κ2) is 8.28. The number of hydrogen-bond donors (Lipinski definition) is 3. The molecule has 3 rings (SSSR count). The van der Waals surface area contributed by atoms with Crippen molar-refractivity contribution in [2.75, 3.05) is 10.3 Å². The SMILES string of the molecule is Cc1cccc(C(=O)O)c1N(N)C(=O)c1cccnc1NCc1ccncc1. The number of carboxylic acids is 1. The molecular weight excluding hydrogens is 358 g/mol. The number of hydrogen-bond acceptors (Lipinski definition) is 6. The van der Waals surface area contributed by atoms with Crippen LogP contribution < -0.4 is 16.2 Å². The van der Waals surface area contributed by atoms with E-state index < -0.39 is 11.9 Å². The van der Waals surface area contributed by atoms with Crippen LogP contribution in [0.25, 0.3) is 0 Å². The molecule has 0 fully saturated rings. The highest BCUT2D eigenvalue weighted by Crippen LogP contribution is 2.26. The molecule has 2 aromatic heterocycles. The average Bonchev–Trinajstić information content (AvgIpc) is 2.72. The molecule has 0 spiro atoms. The first-order chi connectivity index (χ1) is 13.5. The van der Waals surface area contributed by atoms with Gasteiger partial charge in [-0.15, -0.1) is 0 Å². The molecule has 1 amide bonds. The number of carbonyl (C=O) groups excluding carboxylic acids is 1. The van der Waals surface area contributed by atoms with Gasteiger partial charge in [-0.25, -0.2) is 20.6 Å². The summed E-state index contributed by atoms with van der Waals surface area (Å²) in [7, 11) is 0. The molecule has 2 heterocycles. The molecule has 0 unspecified atom stereocenters. The third-order valence-corrected chi connectivity index (χ3v) is 4.18. The predicted molar refractivity (Wildman–Crippen MR) is 105 cm³/mol. The van der Waals surface area contributed by atoms with Crippen LogP contribution in [0.5, 0.6) is 0 Å². The lowest BCUT2D eigenvalue weighted by atomic mass is 10.1. The molecule has 0 saturated heterocycles. The summed E-state index contributed by atoms with van der Waals surface area (Å²) in [5, 5.41) is 13.4. The van der Waals surface area contributed by atoms with E-state index in [0.717, 1.165) is 10.6 Å². The molecule has 3 aromatic rings. The fourth-order valence-corrected chi connectivity index (χ4v) is 2.79. The second-order valence-corrected chi connectivity index (χ2v) is 6.06.